The Morgan fingerprint density at radius 2 is 1.65 bits per heavy atom. The van der Waals surface area contributed by atoms with Crippen molar-refractivity contribution in [1.29, 1.82) is 0 Å². The van der Waals surface area contributed by atoms with Gasteiger partial charge in [0.2, 0.25) is 5.91 Å². The van der Waals surface area contributed by atoms with Crippen molar-refractivity contribution in [3.05, 3.63) is 104 Å². The number of nitrogens with zero attached hydrogens (tertiary/aromatic N) is 3. The molecule has 0 spiro atoms. The number of hydrogen-bond acceptors (Lipinski definition) is 9. The van der Waals surface area contributed by atoms with Crippen LogP contribution >= 0.6 is 22.7 Å². The van der Waals surface area contributed by atoms with Crippen LogP contribution in [-0.2, 0) is 35.5 Å². The molecule has 1 aliphatic rings. The molecule has 4 aromatic rings. The number of alkyl carbamates (subject to hydrolysis) is 1. The van der Waals surface area contributed by atoms with Crippen molar-refractivity contribution < 1.29 is 24.2 Å². The van der Waals surface area contributed by atoms with Gasteiger partial charge in [0.05, 0.1) is 39.8 Å². The lowest BCUT2D eigenvalue weighted by molar-refractivity contribution is -0.124. The molecule has 2 aromatic heterocycles. The number of carbonyl (C=O) groups excluding carboxylic acids is 3. The molecular formula is C38H48N6O5S2. The molecule has 0 saturated heterocycles. The van der Waals surface area contributed by atoms with Gasteiger partial charge in [-0.25, -0.2) is 14.6 Å². The molecule has 51 heavy (non-hydrogen) atoms. The number of aliphatic hydroxyl groups excluding tert-OH is 1. The predicted molar refractivity (Wildman–Crippen MR) is 199 cm³/mol. The van der Waals surface area contributed by atoms with Crippen LogP contribution in [0.3, 0.4) is 0 Å². The van der Waals surface area contributed by atoms with E-state index < -0.39 is 30.3 Å². The summed E-state index contributed by atoms with van der Waals surface area (Å²) in [4.78, 5) is 51.3. The normalized spacial score (nSPS) is 15.2. The first-order chi connectivity index (χ1) is 24.6. The zero-order chi connectivity index (χ0) is 36.2. The van der Waals surface area contributed by atoms with Gasteiger partial charge in [-0.1, -0.05) is 80.9 Å². The maximum Gasteiger partial charge on any atom is 0.407 e. The number of thiazole rings is 2. The largest absolute Gasteiger partial charge is 0.444 e. The minimum atomic E-state index is -1.05. The lowest BCUT2D eigenvalue weighted by Crippen LogP contribution is -2.55. The Morgan fingerprint density at radius 1 is 0.961 bits per heavy atom. The van der Waals surface area contributed by atoms with E-state index in [9.17, 15) is 19.5 Å². The Kier molecular flexibility index (Phi) is 14.0. The van der Waals surface area contributed by atoms with Gasteiger partial charge in [-0.15, -0.1) is 22.7 Å². The Bertz CT molecular complexity index is 1670. The SMILES string of the molecule is CC(C)[C@H](NC(=O)N(C)Cc1csc(C2CCC2)n1)C(=O)N[C@@H](Cc1ccccc1)C[C@H](O)[C@H](Cc1ccccc1)NC(=O)OCc1cncs1. The van der Waals surface area contributed by atoms with E-state index >= 15 is 0 Å². The maximum absolute atomic E-state index is 13.9. The van der Waals surface area contributed by atoms with Crippen molar-refractivity contribution in [2.24, 2.45) is 5.92 Å². The number of urea groups is 1. The molecule has 4 N–H and O–H groups in total. The average molecular weight is 733 g/mol. The van der Waals surface area contributed by atoms with E-state index in [1.54, 1.807) is 35.0 Å². The summed E-state index contributed by atoms with van der Waals surface area (Å²) in [5, 5.41) is 23.7. The lowest BCUT2D eigenvalue weighted by atomic mass is 9.86. The fraction of sp³-hybridized carbons (Fsp3) is 0.447. The zero-order valence-corrected chi connectivity index (χ0v) is 31.0. The van der Waals surface area contributed by atoms with E-state index in [-0.39, 0.29) is 30.9 Å². The molecule has 1 fully saturated rings. The van der Waals surface area contributed by atoms with E-state index in [4.69, 9.17) is 9.72 Å². The summed E-state index contributed by atoms with van der Waals surface area (Å²) in [6, 6.07) is 16.9. The summed E-state index contributed by atoms with van der Waals surface area (Å²) in [6.45, 7) is 4.18. The molecule has 272 valence electrons. The van der Waals surface area contributed by atoms with Gasteiger partial charge in [-0.2, -0.15) is 0 Å². The summed E-state index contributed by atoms with van der Waals surface area (Å²) < 4.78 is 5.43. The zero-order valence-electron chi connectivity index (χ0n) is 29.4. The van der Waals surface area contributed by atoms with Crippen LogP contribution in [0.5, 0.6) is 0 Å². The quantitative estimate of drug-likeness (QED) is 0.103. The van der Waals surface area contributed by atoms with E-state index in [1.807, 2.05) is 79.9 Å². The maximum atomic E-state index is 13.9. The summed E-state index contributed by atoms with van der Waals surface area (Å²) in [7, 11) is 1.70. The number of hydrogen-bond donors (Lipinski definition) is 4. The first-order valence-electron chi connectivity index (χ1n) is 17.5. The smallest absolute Gasteiger partial charge is 0.407 e. The molecule has 2 aromatic carbocycles. The minimum Gasteiger partial charge on any atom is -0.444 e. The first kappa shape index (κ1) is 37.9. The molecule has 0 radical (unpaired) electrons. The van der Waals surface area contributed by atoms with Gasteiger partial charge in [-0.3, -0.25) is 9.78 Å². The van der Waals surface area contributed by atoms with Gasteiger partial charge >= 0.3 is 12.1 Å². The third-order valence-electron chi connectivity index (χ3n) is 9.09. The van der Waals surface area contributed by atoms with Crippen molar-refractivity contribution in [2.45, 2.75) is 95.7 Å². The molecule has 1 aliphatic carbocycles. The highest BCUT2D eigenvalue weighted by Gasteiger charge is 2.31. The second-order valence-corrected chi connectivity index (χ2v) is 15.4. The van der Waals surface area contributed by atoms with Crippen molar-refractivity contribution in [3.63, 3.8) is 0 Å². The Morgan fingerprint density at radius 3 is 2.25 bits per heavy atom. The van der Waals surface area contributed by atoms with E-state index in [1.165, 1.54) is 30.6 Å². The fourth-order valence-electron chi connectivity index (χ4n) is 5.96. The average Bonchev–Trinajstić information content (AvgIpc) is 3.78. The number of aromatic nitrogens is 2. The van der Waals surface area contributed by atoms with Crippen molar-refractivity contribution in [2.75, 3.05) is 7.05 Å². The van der Waals surface area contributed by atoms with Gasteiger partial charge < -0.3 is 30.7 Å². The molecule has 13 heteroatoms. The number of carbonyl (C=O) groups is 3. The molecule has 0 unspecified atom stereocenters. The van der Waals surface area contributed by atoms with Crippen LogP contribution in [0.4, 0.5) is 9.59 Å². The van der Waals surface area contributed by atoms with Gasteiger partial charge in [0.1, 0.15) is 12.6 Å². The summed E-state index contributed by atoms with van der Waals surface area (Å²) in [5.74, 6) is -0.0288. The summed E-state index contributed by atoms with van der Waals surface area (Å²) in [5.41, 5.74) is 4.41. The molecule has 4 atom stereocenters. The standard InChI is InChI=1S/C38H48N6O5S2/c1-25(2)34(43-37(47)44(3)21-30-23-50-36(41-30)28-15-10-16-28)35(46)40-29(17-26-11-6-4-7-12-26)19-33(45)32(18-27-13-8-5-9-14-27)42-38(48)49-22-31-20-39-24-51-31/h4-9,11-14,20,23-25,28-29,32-34,45H,10,15-19,21-22H2,1-3H3,(H,40,46)(H,42,48)(H,43,47)/t29-,32-,33-,34-/m0/s1. The molecule has 4 amide bonds. The van der Waals surface area contributed by atoms with Gasteiger partial charge in [0.15, 0.2) is 0 Å². The number of nitrogens with one attached hydrogen (secondary N) is 3. The third kappa shape index (κ3) is 11.6. The van der Waals surface area contributed by atoms with Gasteiger partial charge in [0.25, 0.3) is 0 Å². The van der Waals surface area contributed by atoms with Crippen molar-refractivity contribution >= 4 is 40.7 Å². The number of amides is 4. The first-order valence-corrected chi connectivity index (χ1v) is 19.2. The lowest BCUT2D eigenvalue weighted by Gasteiger charge is -2.30. The van der Waals surface area contributed by atoms with Crippen LogP contribution < -0.4 is 16.0 Å². The van der Waals surface area contributed by atoms with Crippen LogP contribution in [0.15, 0.2) is 77.8 Å². The highest BCUT2D eigenvalue weighted by molar-refractivity contribution is 7.09. The summed E-state index contributed by atoms with van der Waals surface area (Å²) in [6.07, 6.45) is 4.43. The Labute approximate surface area is 307 Å². The van der Waals surface area contributed by atoms with Crippen LogP contribution in [0.1, 0.15) is 72.2 Å². The highest BCUT2D eigenvalue weighted by Crippen LogP contribution is 2.37. The van der Waals surface area contributed by atoms with E-state index in [0.29, 0.717) is 25.3 Å². The van der Waals surface area contributed by atoms with Crippen LogP contribution in [0, 0.1) is 5.92 Å². The highest BCUT2D eigenvalue weighted by atomic mass is 32.1. The monoisotopic (exact) mass is 732 g/mol. The fourth-order valence-corrected chi connectivity index (χ4v) is 7.45. The molecule has 0 bridgehead atoms. The van der Waals surface area contributed by atoms with E-state index in [0.717, 1.165) is 26.7 Å². The van der Waals surface area contributed by atoms with Gasteiger partial charge in [-0.05, 0) is 49.1 Å². The second-order valence-electron chi connectivity index (χ2n) is 13.5. The molecule has 5 rings (SSSR count). The molecule has 1 saturated carbocycles. The number of aliphatic hydroxyl groups is 1. The van der Waals surface area contributed by atoms with Crippen molar-refractivity contribution in [3.8, 4) is 0 Å². The Balaban J connectivity index is 1.25. The topological polar surface area (TPSA) is 146 Å². The van der Waals surface area contributed by atoms with Crippen molar-refractivity contribution in [1.82, 2.24) is 30.8 Å². The summed E-state index contributed by atoms with van der Waals surface area (Å²) >= 11 is 3.03. The second kappa shape index (κ2) is 18.8. The number of ether oxygens (including phenoxy) is 1. The number of benzene rings is 2. The number of rotatable bonds is 17. The molecule has 2 heterocycles. The van der Waals surface area contributed by atoms with Crippen LogP contribution in [0.2, 0.25) is 0 Å². The van der Waals surface area contributed by atoms with Crippen LogP contribution in [0.25, 0.3) is 0 Å². The van der Waals surface area contributed by atoms with Crippen LogP contribution in [-0.4, -0.2) is 69.3 Å². The van der Waals surface area contributed by atoms with E-state index in [2.05, 4.69) is 20.9 Å². The molecule has 11 nitrogen and oxygen atoms in total. The minimum absolute atomic E-state index is 0.0696. The predicted octanol–water partition coefficient (Wildman–Crippen LogP) is 6.05. The Hall–Kier alpha value is -4.33. The third-order valence-corrected chi connectivity index (χ3v) is 10.9. The van der Waals surface area contributed by atoms with Gasteiger partial charge in [0, 0.05) is 30.6 Å². The molecular weight excluding hydrogens is 685 g/mol. The molecule has 0 aliphatic heterocycles.